The summed E-state index contributed by atoms with van der Waals surface area (Å²) in [5.41, 5.74) is 2.42. The minimum absolute atomic E-state index is 0.0497. The van der Waals surface area contributed by atoms with Crippen LogP contribution in [-0.2, 0) is 16.0 Å². The van der Waals surface area contributed by atoms with Crippen molar-refractivity contribution in [2.75, 3.05) is 25.0 Å². The molecule has 1 aliphatic rings. The van der Waals surface area contributed by atoms with Gasteiger partial charge in [-0.15, -0.1) is 0 Å². The summed E-state index contributed by atoms with van der Waals surface area (Å²) < 4.78 is 5.58. The Labute approximate surface area is 101 Å². The van der Waals surface area contributed by atoms with Crippen LogP contribution in [-0.4, -0.2) is 31.7 Å². The molecule has 1 atom stereocenters. The lowest BCUT2D eigenvalue weighted by molar-refractivity contribution is -0.127. The van der Waals surface area contributed by atoms with Gasteiger partial charge < -0.3 is 15.4 Å². The average molecular weight is 234 g/mol. The molecule has 1 aliphatic heterocycles. The molecule has 2 rings (SSSR count). The molecule has 4 heteroatoms. The van der Waals surface area contributed by atoms with Crippen LogP contribution in [0.2, 0.25) is 0 Å². The molecule has 0 bridgehead atoms. The van der Waals surface area contributed by atoms with Gasteiger partial charge in [0.15, 0.2) is 0 Å². The van der Waals surface area contributed by atoms with Gasteiger partial charge >= 0.3 is 0 Å². The Morgan fingerprint density at radius 3 is 3.18 bits per heavy atom. The Balaban J connectivity index is 1.84. The first-order valence-electron chi connectivity index (χ1n) is 5.99. The highest BCUT2D eigenvalue weighted by molar-refractivity contribution is 5.77. The molecule has 1 heterocycles. The zero-order chi connectivity index (χ0) is 12.1. The summed E-state index contributed by atoms with van der Waals surface area (Å²) in [5, 5.41) is 6.03. The zero-order valence-corrected chi connectivity index (χ0v) is 10.0. The standard InChI is InChI=1S/C13H18N2O2/c1-2-14-13(16)9-17-11-7-10-5-3-4-6-12(10)15-8-11/h3-6,11,15H,2,7-9H2,1H3,(H,14,16). The van der Waals surface area contributed by atoms with E-state index >= 15 is 0 Å². The number of fused-ring (bicyclic) bond motifs is 1. The molecule has 1 aromatic carbocycles. The molecule has 0 saturated heterocycles. The smallest absolute Gasteiger partial charge is 0.246 e. The minimum Gasteiger partial charge on any atom is -0.382 e. The van der Waals surface area contributed by atoms with Crippen molar-refractivity contribution in [2.24, 2.45) is 0 Å². The summed E-state index contributed by atoms with van der Waals surface area (Å²) in [6.45, 7) is 3.45. The summed E-state index contributed by atoms with van der Waals surface area (Å²) in [6.07, 6.45) is 0.940. The fourth-order valence-corrected chi connectivity index (χ4v) is 1.97. The van der Waals surface area contributed by atoms with E-state index in [4.69, 9.17) is 4.74 Å². The van der Waals surface area contributed by atoms with Gasteiger partial charge in [0.05, 0.1) is 6.10 Å². The lowest BCUT2D eigenvalue weighted by Gasteiger charge is -2.26. The van der Waals surface area contributed by atoms with Gasteiger partial charge in [-0.1, -0.05) is 18.2 Å². The molecule has 1 amide bonds. The van der Waals surface area contributed by atoms with Crippen molar-refractivity contribution < 1.29 is 9.53 Å². The summed E-state index contributed by atoms with van der Waals surface area (Å²) in [6, 6.07) is 8.19. The van der Waals surface area contributed by atoms with Crippen molar-refractivity contribution in [1.82, 2.24) is 5.32 Å². The molecule has 1 unspecified atom stereocenters. The van der Waals surface area contributed by atoms with Crippen LogP contribution >= 0.6 is 0 Å². The predicted molar refractivity (Wildman–Crippen MR) is 67.1 cm³/mol. The number of carbonyl (C=O) groups excluding carboxylic acids is 1. The second-order valence-corrected chi connectivity index (χ2v) is 4.13. The highest BCUT2D eigenvalue weighted by atomic mass is 16.5. The number of ether oxygens (including phenoxy) is 1. The molecular formula is C13H18N2O2. The number of amides is 1. The predicted octanol–water partition coefficient (Wildman–Crippen LogP) is 1.18. The quantitative estimate of drug-likeness (QED) is 0.822. The van der Waals surface area contributed by atoms with Crippen molar-refractivity contribution in [3.8, 4) is 0 Å². The van der Waals surface area contributed by atoms with Crippen molar-refractivity contribution in [1.29, 1.82) is 0 Å². The molecule has 2 N–H and O–H groups in total. The first kappa shape index (κ1) is 11.9. The Morgan fingerprint density at radius 2 is 2.35 bits per heavy atom. The lowest BCUT2D eigenvalue weighted by Crippen LogP contribution is -2.35. The van der Waals surface area contributed by atoms with Crippen molar-refractivity contribution >= 4 is 11.6 Å². The van der Waals surface area contributed by atoms with Crippen LogP contribution in [0, 0.1) is 0 Å². The fourth-order valence-electron chi connectivity index (χ4n) is 1.97. The van der Waals surface area contributed by atoms with Crippen molar-refractivity contribution in [3.63, 3.8) is 0 Å². The Bertz CT molecular complexity index is 393. The zero-order valence-electron chi connectivity index (χ0n) is 10.0. The van der Waals surface area contributed by atoms with E-state index < -0.39 is 0 Å². The van der Waals surface area contributed by atoms with E-state index in [1.165, 1.54) is 11.3 Å². The topological polar surface area (TPSA) is 50.4 Å². The van der Waals surface area contributed by atoms with Crippen LogP contribution in [0.15, 0.2) is 24.3 Å². The fraction of sp³-hybridized carbons (Fsp3) is 0.462. The Kier molecular flexibility index (Phi) is 3.98. The summed E-state index contributed by atoms with van der Waals surface area (Å²) in [4.78, 5) is 11.3. The molecule has 0 spiro atoms. The third-order valence-corrected chi connectivity index (χ3v) is 2.81. The van der Waals surface area contributed by atoms with Crippen LogP contribution < -0.4 is 10.6 Å². The van der Waals surface area contributed by atoms with E-state index in [-0.39, 0.29) is 18.6 Å². The molecule has 0 aromatic heterocycles. The number of para-hydroxylation sites is 1. The van der Waals surface area contributed by atoms with Gasteiger partial charge in [-0.25, -0.2) is 0 Å². The number of nitrogens with one attached hydrogen (secondary N) is 2. The van der Waals surface area contributed by atoms with Gasteiger partial charge in [0, 0.05) is 25.2 Å². The summed E-state index contributed by atoms with van der Waals surface area (Å²) in [7, 11) is 0. The van der Waals surface area contributed by atoms with Gasteiger partial charge in [0.2, 0.25) is 5.91 Å². The number of carbonyl (C=O) groups is 1. The number of rotatable bonds is 4. The molecule has 1 aromatic rings. The third-order valence-electron chi connectivity index (χ3n) is 2.81. The van der Waals surface area contributed by atoms with E-state index in [1.807, 2.05) is 19.1 Å². The average Bonchev–Trinajstić information content (AvgIpc) is 2.36. The third kappa shape index (κ3) is 3.20. The summed E-state index contributed by atoms with van der Waals surface area (Å²) >= 11 is 0. The van der Waals surface area contributed by atoms with E-state index in [1.54, 1.807) is 0 Å². The van der Waals surface area contributed by atoms with Crippen LogP contribution in [0.1, 0.15) is 12.5 Å². The SMILES string of the molecule is CCNC(=O)COC1CNc2ccccc2C1. The maximum atomic E-state index is 11.3. The first-order chi connectivity index (χ1) is 8.29. The Hall–Kier alpha value is -1.55. The lowest BCUT2D eigenvalue weighted by atomic mass is 10.0. The van der Waals surface area contributed by atoms with Gasteiger partial charge in [-0.2, -0.15) is 0 Å². The largest absolute Gasteiger partial charge is 0.382 e. The summed E-state index contributed by atoms with van der Waals surface area (Å²) in [5.74, 6) is -0.0497. The van der Waals surface area contributed by atoms with E-state index in [0.29, 0.717) is 6.54 Å². The van der Waals surface area contributed by atoms with Crippen LogP contribution in [0.3, 0.4) is 0 Å². The van der Waals surface area contributed by atoms with E-state index in [9.17, 15) is 4.79 Å². The normalized spacial score (nSPS) is 18.1. The van der Waals surface area contributed by atoms with Gasteiger partial charge in [0.1, 0.15) is 6.61 Å². The molecular weight excluding hydrogens is 216 g/mol. The van der Waals surface area contributed by atoms with Gasteiger partial charge in [-0.05, 0) is 18.6 Å². The van der Waals surface area contributed by atoms with Gasteiger partial charge in [0.25, 0.3) is 0 Å². The maximum Gasteiger partial charge on any atom is 0.246 e. The maximum absolute atomic E-state index is 11.3. The number of benzene rings is 1. The molecule has 0 aliphatic carbocycles. The highest BCUT2D eigenvalue weighted by Crippen LogP contribution is 2.22. The first-order valence-corrected chi connectivity index (χ1v) is 5.99. The van der Waals surface area contributed by atoms with E-state index in [0.717, 1.165) is 13.0 Å². The van der Waals surface area contributed by atoms with Crippen LogP contribution in [0.4, 0.5) is 5.69 Å². The second kappa shape index (κ2) is 5.68. The molecule has 4 nitrogen and oxygen atoms in total. The van der Waals surface area contributed by atoms with Gasteiger partial charge in [-0.3, -0.25) is 4.79 Å². The molecule has 0 radical (unpaired) electrons. The molecule has 92 valence electrons. The van der Waals surface area contributed by atoms with Crippen LogP contribution in [0.25, 0.3) is 0 Å². The molecule has 0 saturated carbocycles. The number of likely N-dealkylation sites (N-methyl/N-ethyl adjacent to an activating group) is 1. The molecule has 0 fully saturated rings. The monoisotopic (exact) mass is 234 g/mol. The van der Waals surface area contributed by atoms with Crippen molar-refractivity contribution in [2.45, 2.75) is 19.4 Å². The molecule has 17 heavy (non-hydrogen) atoms. The highest BCUT2D eigenvalue weighted by Gasteiger charge is 2.18. The van der Waals surface area contributed by atoms with Crippen molar-refractivity contribution in [3.05, 3.63) is 29.8 Å². The Morgan fingerprint density at radius 1 is 1.53 bits per heavy atom. The number of hydrogen-bond acceptors (Lipinski definition) is 3. The minimum atomic E-state index is -0.0497. The number of hydrogen-bond donors (Lipinski definition) is 2. The van der Waals surface area contributed by atoms with E-state index in [2.05, 4.69) is 22.8 Å². The van der Waals surface area contributed by atoms with Crippen LogP contribution in [0.5, 0.6) is 0 Å². The second-order valence-electron chi connectivity index (χ2n) is 4.13. The number of anilines is 1.